The van der Waals surface area contributed by atoms with Crippen molar-refractivity contribution < 1.29 is 31.2 Å². The fourth-order valence-electron chi connectivity index (χ4n) is 5.97. The Morgan fingerprint density at radius 2 is 1.45 bits per heavy atom. The van der Waals surface area contributed by atoms with Crippen molar-refractivity contribution in [1.29, 1.82) is 0 Å². The lowest BCUT2D eigenvalue weighted by Crippen LogP contribution is -2.55. The second-order valence-electron chi connectivity index (χ2n) is 12.1. The number of anilines is 1. The van der Waals surface area contributed by atoms with Crippen LogP contribution in [-0.2, 0) is 38.8 Å². The number of hydrogen-bond donors (Lipinski definition) is 1. The molecule has 4 aromatic carbocycles. The van der Waals surface area contributed by atoms with Crippen LogP contribution in [0.2, 0.25) is 5.02 Å². The van der Waals surface area contributed by atoms with Crippen LogP contribution in [0.1, 0.15) is 48.8 Å². The van der Waals surface area contributed by atoms with E-state index in [1.165, 1.54) is 35.2 Å². The summed E-state index contributed by atoms with van der Waals surface area (Å²) in [5.41, 5.74) is -0.0214. The highest BCUT2D eigenvalue weighted by Gasteiger charge is 2.37. The standard InChI is InChI=1S/C37H37ClF3N3O4S/c38-30-21-19-28(20-22-30)25-43(34(23-27-11-4-1-5-12-27)36(46)42-31-14-6-2-7-15-31)35(45)26-44(49(47,48)33-17-8-3-9-18-33)32-16-10-13-29(24-32)37(39,40)41/h1,3-5,8-13,16-22,24,31,34H,2,6-7,14-15,23,25-26H2,(H,42,46). The number of carbonyl (C=O) groups excluding carboxylic acids is 2. The summed E-state index contributed by atoms with van der Waals surface area (Å²) in [6, 6.07) is 25.7. The van der Waals surface area contributed by atoms with E-state index in [4.69, 9.17) is 11.6 Å². The molecule has 1 aliphatic carbocycles. The van der Waals surface area contributed by atoms with Gasteiger partial charge in [0.05, 0.1) is 16.1 Å². The van der Waals surface area contributed by atoms with Gasteiger partial charge in [0.2, 0.25) is 11.8 Å². The first-order valence-electron chi connectivity index (χ1n) is 16.0. The average molecular weight is 712 g/mol. The Morgan fingerprint density at radius 3 is 2.08 bits per heavy atom. The zero-order valence-corrected chi connectivity index (χ0v) is 28.2. The maximum Gasteiger partial charge on any atom is 0.416 e. The Hall–Kier alpha value is -4.35. The molecule has 258 valence electrons. The average Bonchev–Trinajstić information content (AvgIpc) is 3.10. The van der Waals surface area contributed by atoms with Crippen molar-refractivity contribution in [2.45, 2.75) is 68.2 Å². The van der Waals surface area contributed by atoms with Crippen molar-refractivity contribution in [3.63, 3.8) is 0 Å². The van der Waals surface area contributed by atoms with Crippen LogP contribution in [0, 0.1) is 0 Å². The summed E-state index contributed by atoms with van der Waals surface area (Å²) in [6.07, 6.45) is -0.0477. The maximum absolute atomic E-state index is 14.6. The van der Waals surface area contributed by atoms with Crippen molar-refractivity contribution in [2.24, 2.45) is 0 Å². The molecular weight excluding hydrogens is 675 g/mol. The first kappa shape index (κ1) is 35.9. The molecule has 0 bridgehead atoms. The van der Waals surface area contributed by atoms with E-state index in [2.05, 4.69) is 5.32 Å². The quantitative estimate of drug-likeness (QED) is 0.164. The van der Waals surface area contributed by atoms with Gasteiger partial charge >= 0.3 is 6.18 Å². The monoisotopic (exact) mass is 711 g/mol. The van der Waals surface area contributed by atoms with Crippen LogP contribution < -0.4 is 9.62 Å². The molecule has 0 spiro atoms. The van der Waals surface area contributed by atoms with Crippen molar-refractivity contribution in [1.82, 2.24) is 10.2 Å². The predicted molar refractivity (Wildman–Crippen MR) is 183 cm³/mol. The van der Waals surface area contributed by atoms with Crippen LogP contribution in [0.3, 0.4) is 0 Å². The lowest BCUT2D eigenvalue weighted by molar-refractivity contribution is -0.140. The minimum Gasteiger partial charge on any atom is -0.352 e. The number of rotatable bonds is 12. The van der Waals surface area contributed by atoms with Crippen LogP contribution in [-0.4, -0.2) is 43.8 Å². The minimum absolute atomic E-state index is 0.0768. The van der Waals surface area contributed by atoms with E-state index in [1.807, 2.05) is 30.3 Å². The highest BCUT2D eigenvalue weighted by Crippen LogP contribution is 2.33. The molecule has 2 amide bonds. The smallest absolute Gasteiger partial charge is 0.352 e. The number of sulfonamides is 1. The number of amides is 2. The molecule has 0 radical (unpaired) electrons. The fraction of sp³-hybridized carbons (Fsp3) is 0.297. The Bertz CT molecular complexity index is 1820. The second-order valence-corrected chi connectivity index (χ2v) is 14.4. The zero-order chi connectivity index (χ0) is 35.0. The molecule has 4 aromatic rings. The zero-order valence-electron chi connectivity index (χ0n) is 26.7. The summed E-state index contributed by atoms with van der Waals surface area (Å²) in [7, 11) is -4.55. The van der Waals surface area contributed by atoms with Gasteiger partial charge in [-0.25, -0.2) is 8.42 Å². The van der Waals surface area contributed by atoms with Gasteiger partial charge in [-0.1, -0.05) is 97.6 Å². The van der Waals surface area contributed by atoms with Crippen molar-refractivity contribution in [3.8, 4) is 0 Å². The van der Waals surface area contributed by atoms with Crippen LogP contribution in [0.15, 0.2) is 114 Å². The van der Waals surface area contributed by atoms with Crippen molar-refractivity contribution >= 4 is 39.1 Å². The largest absolute Gasteiger partial charge is 0.416 e. The summed E-state index contributed by atoms with van der Waals surface area (Å²) >= 11 is 6.13. The van der Waals surface area contributed by atoms with Gasteiger partial charge in [0, 0.05) is 24.0 Å². The van der Waals surface area contributed by atoms with Gasteiger partial charge in [-0.3, -0.25) is 13.9 Å². The molecule has 1 saturated carbocycles. The molecule has 0 aromatic heterocycles. The lowest BCUT2D eigenvalue weighted by Gasteiger charge is -2.35. The fourth-order valence-corrected chi connectivity index (χ4v) is 7.52. The first-order chi connectivity index (χ1) is 23.4. The topological polar surface area (TPSA) is 86.8 Å². The third kappa shape index (κ3) is 9.42. The Morgan fingerprint density at radius 1 is 0.816 bits per heavy atom. The molecule has 1 N–H and O–H groups in total. The van der Waals surface area contributed by atoms with Gasteiger partial charge in [0.1, 0.15) is 12.6 Å². The van der Waals surface area contributed by atoms with E-state index in [0.717, 1.165) is 49.8 Å². The third-order valence-electron chi connectivity index (χ3n) is 8.56. The van der Waals surface area contributed by atoms with Gasteiger partial charge in [-0.2, -0.15) is 13.2 Å². The summed E-state index contributed by atoms with van der Waals surface area (Å²) in [5.74, 6) is -1.17. The molecular formula is C37H37ClF3N3O4S. The van der Waals surface area contributed by atoms with Gasteiger partial charge in [0.15, 0.2) is 0 Å². The molecule has 1 fully saturated rings. The van der Waals surface area contributed by atoms with E-state index in [9.17, 15) is 31.2 Å². The molecule has 7 nitrogen and oxygen atoms in total. The molecule has 0 heterocycles. The number of carbonyl (C=O) groups is 2. The van der Waals surface area contributed by atoms with Gasteiger partial charge in [-0.15, -0.1) is 0 Å². The number of nitrogens with zero attached hydrogens (tertiary/aromatic N) is 2. The number of alkyl halides is 3. The van der Waals surface area contributed by atoms with Gasteiger partial charge in [-0.05, 0) is 66.4 Å². The molecule has 49 heavy (non-hydrogen) atoms. The van der Waals surface area contributed by atoms with Gasteiger partial charge < -0.3 is 10.2 Å². The highest BCUT2D eigenvalue weighted by molar-refractivity contribution is 7.92. The van der Waals surface area contributed by atoms with Crippen molar-refractivity contribution in [2.75, 3.05) is 10.8 Å². The SMILES string of the molecule is O=C(NC1CCCCC1)C(Cc1ccccc1)N(Cc1ccc(Cl)cc1)C(=O)CN(c1cccc(C(F)(F)F)c1)S(=O)(=O)c1ccccc1. The number of benzene rings is 4. The van der Waals surface area contributed by atoms with Crippen LogP contribution in [0.25, 0.3) is 0 Å². The summed E-state index contributed by atoms with van der Waals surface area (Å²) < 4.78 is 70.3. The molecule has 1 atom stereocenters. The lowest BCUT2D eigenvalue weighted by atomic mass is 9.94. The number of hydrogen-bond acceptors (Lipinski definition) is 4. The normalized spacial score (nSPS) is 14.5. The van der Waals surface area contributed by atoms with E-state index in [-0.39, 0.29) is 29.6 Å². The molecule has 1 aliphatic rings. The summed E-state index contributed by atoms with van der Waals surface area (Å²) in [6.45, 7) is -0.957. The van der Waals surface area contributed by atoms with E-state index in [0.29, 0.717) is 21.0 Å². The van der Waals surface area contributed by atoms with Gasteiger partial charge in [0.25, 0.3) is 10.0 Å². The van der Waals surface area contributed by atoms with E-state index < -0.39 is 46.2 Å². The maximum atomic E-state index is 14.6. The number of nitrogens with one attached hydrogen (secondary N) is 1. The predicted octanol–water partition coefficient (Wildman–Crippen LogP) is 7.64. The Balaban J connectivity index is 1.58. The van der Waals surface area contributed by atoms with Crippen LogP contribution in [0.5, 0.6) is 0 Å². The minimum atomic E-state index is -4.76. The molecule has 0 aliphatic heterocycles. The van der Waals surface area contributed by atoms with E-state index in [1.54, 1.807) is 30.3 Å². The molecule has 5 rings (SSSR count). The number of halogens is 4. The van der Waals surface area contributed by atoms with Crippen LogP contribution >= 0.6 is 11.6 Å². The summed E-state index contributed by atoms with van der Waals surface area (Å²) in [4.78, 5) is 29.8. The third-order valence-corrected chi connectivity index (χ3v) is 10.6. The Labute approximate surface area is 289 Å². The van der Waals surface area contributed by atoms with Crippen LogP contribution in [0.4, 0.5) is 18.9 Å². The highest BCUT2D eigenvalue weighted by atomic mass is 35.5. The molecule has 0 saturated heterocycles. The summed E-state index contributed by atoms with van der Waals surface area (Å²) in [5, 5.41) is 3.58. The Kier molecular flexibility index (Phi) is 11.7. The van der Waals surface area contributed by atoms with Crippen molar-refractivity contribution in [3.05, 3.63) is 131 Å². The molecule has 1 unspecified atom stereocenters. The first-order valence-corrected chi connectivity index (χ1v) is 17.9. The van der Waals surface area contributed by atoms with E-state index >= 15 is 0 Å². The molecule has 12 heteroatoms. The second kappa shape index (κ2) is 15.9.